The normalized spacial score (nSPS) is 15.2. The van der Waals surface area contributed by atoms with Crippen molar-refractivity contribution in [1.82, 2.24) is 0 Å². The molecule has 7 nitrogen and oxygen atoms in total. The van der Waals surface area contributed by atoms with Gasteiger partial charge in [0.1, 0.15) is 5.75 Å². The zero-order valence-electron chi connectivity index (χ0n) is 13.8. The van der Waals surface area contributed by atoms with Crippen molar-refractivity contribution in [1.29, 1.82) is 0 Å². The summed E-state index contributed by atoms with van der Waals surface area (Å²) in [4.78, 5) is 26.3. The third-order valence-electron chi connectivity index (χ3n) is 3.58. The number of nitro groups is 1. The van der Waals surface area contributed by atoms with Gasteiger partial charge >= 0.3 is 5.97 Å². The molecule has 1 aliphatic heterocycles. The highest BCUT2D eigenvalue weighted by molar-refractivity contribution is 6.11. The molecule has 2 aromatic rings. The first-order valence-corrected chi connectivity index (χ1v) is 7.65. The molecule has 2 aromatic carbocycles. The fourth-order valence-corrected chi connectivity index (χ4v) is 2.26. The van der Waals surface area contributed by atoms with Gasteiger partial charge in [0.2, 0.25) is 5.90 Å². The van der Waals surface area contributed by atoms with Crippen LogP contribution in [0.2, 0.25) is 0 Å². The minimum Gasteiger partial charge on any atom is -0.497 e. The van der Waals surface area contributed by atoms with Crippen LogP contribution in [0.25, 0.3) is 6.08 Å². The zero-order chi connectivity index (χ0) is 18.5. The summed E-state index contributed by atoms with van der Waals surface area (Å²) in [6.45, 7) is 0. The number of carbonyl (C=O) groups excluding carboxylic acids is 1. The van der Waals surface area contributed by atoms with Gasteiger partial charge in [0.05, 0.1) is 12.0 Å². The Morgan fingerprint density at radius 3 is 2.65 bits per heavy atom. The zero-order valence-corrected chi connectivity index (χ0v) is 13.8. The second kappa shape index (κ2) is 7.43. The van der Waals surface area contributed by atoms with E-state index in [0.29, 0.717) is 11.3 Å². The molecule has 0 bridgehead atoms. The number of rotatable bonds is 5. The van der Waals surface area contributed by atoms with Gasteiger partial charge in [-0.2, -0.15) is 0 Å². The molecule has 7 heteroatoms. The largest absolute Gasteiger partial charge is 0.497 e. The van der Waals surface area contributed by atoms with Crippen molar-refractivity contribution in [3.8, 4) is 5.75 Å². The summed E-state index contributed by atoms with van der Waals surface area (Å²) < 4.78 is 10.3. The minimum atomic E-state index is -0.545. The monoisotopic (exact) mass is 350 g/mol. The summed E-state index contributed by atoms with van der Waals surface area (Å²) in [6, 6.07) is 13.1. The molecule has 0 saturated carbocycles. The fraction of sp³-hybridized carbons (Fsp3) is 0.0526. The van der Waals surface area contributed by atoms with E-state index in [0.717, 1.165) is 5.56 Å². The maximum Gasteiger partial charge on any atom is 0.363 e. The summed E-state index contributed by atoms with van der Waals surface area (Å²) in [7, 11) is 1.55. The highest BCUT2D eigenvalue weighted by Crippen LogP contribution is 2.20. The Labute approximate surface area is 149 Å². The number of cyclic esters (lactones) is 1. The van der Waals surface area contributed by atoms with Gasteiger partial charge in [-0.15, -0.1) is 0 Å². The van der Waals surface area contributed by atoms with Crippen LogP contribution in [0.4, 0.5) is 5.69 Å². The van der Waals surface area contributed by atoms with Crippen molar-refractivity contribution >= 4 is 23.6 Å². The third kappa shape index (κ3) is 3.84. The first-order valence-electron chi connectivity index (χ1n) is 7.65. The molecule has 3 rings (SSSR count). The van der Waals surface area contributed by atoms with Crippen LogP contribution >= 0.6 is 0 Å². The van der Waals surface area contributed by atoms with E-state index in [-0.39, 0.29) is 17.3 Å². The smallest absolute Gasteiger partial charge is 0.363 e. The first-order chi connectivity index (χ1) is 12.6. The van der Waals surface area contributed by atoms with E-state index in [1.165, 1.54) is 18.2 Å². The molecular formula is C19H14N2O5. The Morgan fingerprint density at radius 2 is 1.96 bits per heavy atom. The van der Waals surface area contributed by atoms with Crippen molar-refractivity contribution in [2.75, 3.05) is 7.11 Å². The summed E-state index contributed by atoms with van der Waals surface area (Å²) in [5.41, 5.74) is 1.59. The summed E-state index contributed by atoms with van der Waals surface area (Å²) >= 11 is 0. The van der Waals surface area contributed by atoms with Gasteiger partial charge in [-0.3, -0.25) is 10.1 Å². The highest BCUT2D eigenvalue weighted by Gasteiger charge is 2.23. The van der Waals surface area contributed by atoms with Crippen LogP contribution < -0.4 is 4.74 Å². The van der Waals surface area contributed by atoms with Gasteiger partial charge in [-0.25, -0.2) is 9.79 Å². The first kappa shape index (κ1) is 17.1. The standard InChI is InChI=1S/C19H14N2O5/c1-25-16-6-3-5-14(12-16)18-20-17(19(22)26-18)7-2-4-13-8-10-15(11-9-13)21(23)24/h2-12H,1H3/b4-2+,17-7+. The molecule has 0 saturated heterocycles. The number of non-ortho nitro benzene ring substituents is 1. The van der Waals surface area contributed by atoms with Gasteiger partial charge < -0.3 is 9.47 Å². The van der Waals surface area contributed by atoms with Gasteiger partial charge in [-0.05, 0) is 42.0 Å². The molecule has 26 heavy (non-hydrogen) atoms. The van der Waals surface area contributed by atoms with Crippen molar-refractivity contribution in [2.45, 2.75) is 0 Å². The van der Waals surface area contributed by atoms with E-state index in [2.05, 4.69) is 4.99 Å². The molecule has 1 heterocycles. The Kier molecular flexibility index (Phi) is 4.89. The molecule has 1 aliphatic rings. The van der Waals surface area contributed by atoms with Crippen LogP contribution in [0, 0.1) is 10.1 Å². The molecule has 0 aliphatic carbocycles. The second-order valence-electron chi connectivity index (χ2n) is 5.30. The van der Waals surface area contributed by atoms with E-state index < -0.39 is 10.9 Å². The highest BCUT2D eigenvalue weighted by atomic mass is 16.6. The number of benzene rings is 2. The molecule has 0 radical (unpaired) electrons. The van der Waals surface area contributed by atoms with Crippen LogP contribution in [-0.2, 0) is 9.53 Å². The summed E-state index contributed by atoms with van der Waals surface area (Å²) in [5, 5.41) is 10.6. The van der Waals surface area contributed by atoms with E-state index in [1.807, 2.05) is 0 Å². The Balaban J connectivity index is 1.76. The van der Waals surface area contributed by atoms with E-state index in [9.17, 15) is 14.9 Å². The van der Waals surface area contributed by atoms with E-state index in [4.69, 9.17) is 9.47 Å². The number of nitrogens with zero attached hydrogens (tertiary/aromatic N) is 2. The second-order valence-corrected chi connectivity index (χ2v) is 5.30. The maximum absolute atomic E-state index is 11.9. The summed E-state index contributed by atoms with van der Waals surface area (Å²) in [6.07, 6.45) is 4.87. The number of carbonyl (C=O) groups is 1. The number of hydrogen-bond acceptors (Lipinski definition) is 6. The predicted molar refractivity (Wildman–Crippen MR) is 95.8 cm³/mol. The molecule has 0 spiro atoms. The molecule has 0 amide bonds. The third-order valence-corrected chi connectivity index (χ3v) is 3.58. The quantitative estimate of drug-likeness (QED) is 0.356. The lowest BCUT2D eigenvalue weighted by atomic mass is 10.2. The van der Waals surface area contributed by atoms with Crippen molar-refractivity contribution < 1.29 is 19.2 Å². The molecule has 0 fully saturated rings. The van der Waals surface area contributed by atoms with Gasteiger partial charge in [-0.1, -0.05) is 18.2 Å². The average Bonchev–Trinajstić information content (AvgIpc) is 3.03. The van der Waals surface area contributed by atoms with Crippen molar-refractivity contribution in [2.24, 2.45) is 4.99 Å². The van der Waals surface area contributed by atoms with E-state index in [1.54, 1.807) is 55.7 Å². The Hall–Kier alpha value is -3.74. The molecular weight excluding hydrogens is 336 g/mol. The molecule has 130 valence electrons. The maximum atomic E-state index is 11.9. The lowest BCUT2D eigenvalue weighted by Crippen LogP contribution is -2.05. The van der Waals surface area contributed by atoms with Gasteiger partial charge in [0, 0.05) is 17.7 Å². The lowest BCUT2D eigenvalue weighted by Gasteiger charge is -2.02. The number of aliphatic imine (C=N–C) groups is 1. The average molecular weight is 350 g/mol. The Bertz CT molecular complexity index is 943. The fourth-order valence-electron chi connectivity index (χ4n) is 2.26. The van der Waals surface area contributed by atoms with Crippen LogP contribution in [0.5, 0.6) is 5.75 Å². The summed E-state index contributed by atoms with van der Waals surface area (Å²) in [5.74, 6) is 0.303. The predicted octanol–water partition coefficient (Wildman–Crippen LogP) is 3.50. The van der Waals surface area contributed by atoms with Crippen molar-refractivity contribution in [3.63, 3.8) is 0 Å². The molecule has 0 N–H and O–H groups in total. The van der Waals surface area contributed by atoms with Crippen LogP contribution in [0.1, 0.15) is 11.1 Å². The van der Waals surface area contributed by atoms with Gasteiger partial charge in [0.15, 0.2) is 5.70 Å². The number of nitro benzene ring substituents is 1. The van der Waals surface area contributed by atoms with Gasteiger partial charge in [0.25, 0.3) is 5.69 Å². The van der Waals surface area contributed by atoms with Crippen LogP contribution in [0.15, 0.2) is 71.4 Å². The number of ether oxygens (including phenoxy) is 2. The SMILES string of the molecule is COc1cccc(C2=N/C(=C/C=C/c3ccc([N+](=O)[O-])cc3)C(=O)O2)c1. The van der Waals surface area contributed by atoms with E-state index >= 15 is 0 Å². The molecule has 0 atom stereocenters. The Morgan fingerprint density at radius 1 is 1.19 bits per heavy atom. The topological polar surface area (TPSA) is 91.0 Å². The van der Waals surface area contributed by atoms with Crippen molar-refractivity contribution in [3.05, 3.63) is 87.6 Å². The molecule has 0 aromatic heterocycles. The van der Waals surface area contributed by atoms with Crippen LogP contribution in [0.3, 0.4) is 0 Å². The molecule has 0 unspecified atom stereocenters. The lowest BCUT2D eigenvalue weighted by molar-refractivity contribution is -0.384. The van der Waals surface area contributed by atoms with Crippen LogP contribution in [-0.4, -0.2) is 23.9 Å². The number of methoxy groups -OCH3 is 1. The number of allylic oxidation sites excluding steroid dienone is 2. The number of hydrogen-bond donors (Lipinski definition) is 0. The minimum absolute atomic E-state index is 0.0207. The number of esters is 1.